The van der Waals surface area contributed by atoms with Crippen LogP contribution in [-0.2, 0) is 9.53 Å². The second-order valence-corrected chi connectivity index (χ2v) is 8.91. The van der Waals surface area contributed by atoms with Gasteiger partial charge in [0.05, 0.1) is 12.4 Å². The highest BCUT2D eigenvalue weighted by Crippen LogP contribution is 2.40. The summed E-state index contributed by atoms with van der Waals surface area (Å²) >= 11 is 3.84. The molecule has 0 bridgehead atoms. The molecule has 0 radical (unpaired) electrons. The Labute approximate surface area is 154 Å². The molecule has 0 heterocycles. The Morgan fingerprint density at radius 2 is 2.00 bits per heavy atom. The van der Waals surface area contributed by atoms with Gasteiger partial charge >= 0.3 is 0 Å². The van der Waals surface area contributed by atoms with Crippen molar-refractivity contribution in [2.75, 3.05) is 26.0 Å². The summed E-state index contributed by atoms with van der Waals surface area (Å²) in [4.78, 5) is 13.3. The number of rotatable bonds is 8. The van der Waals surface area contributed by atoms with Crippen molar-refractivity contribution in [2.45, 2.75) is 54.9 Å². The molecule has 134 valence electrons. The molecule has 1 aromatic rings. The first-order valence-corrected chi connectivity index (χ1v) is 10.6. The highest BCUT2D eigenvalue weighted by Gasteiger charge is 2.27. The fourth-order valence-corrected chi connectivity index (χ4v) is 5.87. The van der Waals surface area contributed by atoms with Crippen molar-refractivity contribution < 1.29 is 9.53 Å². The second kappa shape index (κ2) is 10.4. The molecule has 3 nitrogen and oxygen atoms in total. The lowest BCUT2D eigenvalue weighted by molar-refractivity contribution is -0.118. The minimum Gasteiger partial charge on any atom is -0.383 e. The molecule has 1 N–H and O–H groups in total. The summed E-state index contributed by atoms with van der Waals surface area (Å²) in [5.74, 6) is 0.677. The summed E-state index contributed by atoms with van der Waals surface area (Å²) in [6, 6.07) is 6.69. The number of carbonyl (C=O) groups is 1. The van der Waals surface area contributed by atoms with Crippen LogP contribution < -0.4 is 5.32 Å². The minimum atomic E-state index is 0.123. The number of aryl methyl sites for hydroxylation is 2. The van der Waals surface area contributed by atoms with Crippen LogP contribution in [0.3, 0.4) is 0 Å². The van der Waals surface area contributed by atoms with Gasteiger partial charge in [0.2, 0.25) is 5.91 Å². The van der Waals surface area contributed by atoms with Crippen LogP contribution in [0.1, 0.15) is 36.8 Å². The molecule has 2 atom stereocenters. The van der Waals surface area contributed by atoms with Gasteiger partial charge < -0.3 is 10.1 Å². The van der Waals surface area contributed by atoms with Gasteiger partial charge in [0, 0.05) is 29.0 Å². The molecule has 1 amide bonds. The average molecular weight is 368 g/mol. The molecule has 24 heavy (non-hydrogen) atoms. The molecule has 1 fully saturated rings. The monoisotopic (exact) mass is 367 g/mol. The molecule has 0 unspecified atom stereocenters. The lowest BCUT2D eigenvalue weighted by Crippen LogP contribution is -2.31. The molecule has 1 saturated carbocycles. The molecule has 0 aromatic heterocycles. The maximum atomic E-state index is 11.9. The fraction of sp³-hybridized carbons (Fsp3) is 0.632. The van der Waals surface area contributed by atoms with Gasteiger partial charge in [-0.2, -0.15) is 0 Å². The lowest BCUT2D eigenvalue weighted by atomic mass is 10.00. The van der Waals surface area contributed by atoms with E-state index in [1.165, 1.54) is 41.7 Å². The highest BCUT2D eigenvalue weighted by molar-refractivity contribution is 8.04. The summed E-state index contributed by atoms with van der Waals surface area (Å²) in [6.07, 6.45) is 5.06. The van der Waals surface area contributed by atoms with E-state index >= 15 is 0 Å². The van der Waals surface area contributed by atoms with Crippen LogP contribution >= 0.6 is 23.5 Å². The van der Waals surface area contributed by atoms with Gasteiger partial charge in [0.25, 0.3) is 0 Å². The topological polar surface area (TPSA) is 38.3 Å². The Kier molecular flexibility index (Phi) is 8.50. The van der Waals surface area contributed by atoms with Crippen LogP contribution in [-0.4, -0.2) is 42.4 Å². The first-order valence-electron chi connectivity index (χ1n) is 8.71. The van der Waals surface area contributed by atoms with E-state index in [0.29, 0.717) is 29.4 Å². The van der Waals surface area contributed by atoms with Gasteiger partial charge in [-0.25, -0.2) is 0 Å². The number of methoxy groups -OCH3 is 1. The first-order chi connectivity index (χ1) is 11.6. The number of amides is 1. The molecule has 0 saturated heterocycles. The fourth-order valence-electron chi connectivity index (χ4n) is 2.91. The van der Waals surface area contributed by atoms with E-state index in [2.05, 4.69) is 37.4 Å². The van der Waals surface area contributed by atoms with E-state index < -0.39 is 0 Å². The van der Waals surface area contributed by atoms with Crippen LogP contribution in [0.25, 0.3) is 0 Å². The zero-order chi connectivity index (χ0) is 17.4. The SMILES string of the molecule is COCCNC(=O)CS[C@@H]1CCCC[C@H]1Sc1cc(C)ccc1C. The van der Waals surface area contributed by atoms with E-state index in [1.54, 1.807) is 7.11 Å². The standard InChI is InChI=1S/C19H29NO2S2/c1-14-8-9-15(2)18(12-14)24-17-7-5-4-6-16(17)23-13-19(21)20-10-11-22-3/h8-9,12,16-17H,4-7,10-11,13H2,1-3H3,(H,20,21)/t16-,17-/m1/s1. The van der Waals surface area contributed by atoms with E-state index in [-0.39, 0.29) is 5.91 Å². The molecule has 2 rings (SSSR count). The van der Waals surface area contributed by atoms with Crippen LogP contribution in [0, 0.1) is 13.8 Å². The Morgan fingerprint density at radius 1 is 1.25 bits per heavy atom. The van der Waals surface area contributed by atoms with Crippen molar-refractivity contribution in [3.8, 4) is 0 Å². The van der Waals surface area contributed by atoms with E-state index in [0.717, 1.165) is 0 Å². The van der Waals surface area contributed by atoms with E-state index in [9.17, 15) is 4.79 Å². The van der Waals surface area contributed by atoms with Crippen molar-refractivity contribution in [3.05, 3.63) is 29.3 Å². The van der Waals surface area contributed by atoms with Crippen LogP contribution in [0.15, 0.2) is 23.1 Å². The van der Waals surface area contributed by atoms with Crippen molar-refractivity contribution >= 4 is 29.4 Å². The van der Waals surface area contributed by atoms with Crippen molar-refractivity contribution in [2.24, 2.45) is 0 Å². The number of ether oxygens (including phenoxy) is 1. The predicted octanol–water partition coefficient (Wildman–Crippen LogP) is 4.20. The van der Waals surface area contributed by atoms with Crippen molar-refractivity contribution in [1.29, 1.82) is 0 Å². The summed E-state index contributed by atoms with van der Waals surface area (Å²) in [5.41, 5.74) is 2.68. The maximum absolute atomic E-state index is 11.9. The van der Waals surface area contributed by atoms with Gasteiger partial charge in [0.1, 0.15) is 0 Å². The van der Waals surface area contributed by atoms with Crippen molar-refractivity contribution in [1.82, 2.24) is 5.32 Å². The molecule has 1 aliphatic carbocycles. The Hall–Kier alpha value is -0.650. The Balaban J connectivity index is 1.88. The third-order valence-corrected chi connectivity index (χ3v) is 7.48. The van der Waals surface area contributed by atoms with Crippen LogP contribution in [0.5, 0.6) is 0 Å². The molecular formula is C19H29NO2S2. The third kappa shape index (κ3) is 6.34. The van der Waals surface area contributed by atoms with Gasteiger partial charge in [-0.1, -0.05) is 30.5 Å². The molecule has 1 aliphatic rings. The second-order valence-electron chi connectivity index (χ2n) is 6.40. The van der Waals surface area contributed by atoms with E-state index in [4.69, 9.17) is 4.74 Å². The van der Waals surface area contributed by atoms with Gasteiger partial charge in [0.15, 0.2) is 0 Å². The number of nitrogens with one attached hydrogen (secondary N) is 1. The largest absolute Gasteiger partial charge is 0.383 e. The zero-order valence-electron chi connectivity index (χ0n) is 15.0. The van der Waals surface area contributed by atoms with Crippen LogP contribution in [0.4, 0.5) is 0 Å². The number of hydrogen-bond donors (Lipinski definition) is 1. The van der Waals surface area contributed by atoms with Crippen LogP contribution in [0.2, 0.25) is 0 Å². The minimum absolute atomic E-state index is 0.123. The number of carbonyl (C=O) groups excluding carboxylic acids is 1. The number of thioether (sulfide) groups is 2. The van der Waals surface area contributed by atoms with E-state index in [1.807, 2.05) is 23.5 Å². The van der Waals surface area contributed by atoms with Gasteiger partial charge in [-0.05, 0) is 38.3 Å². The normalized spacial score (nSPS) is 20.8. The maximum Gasteiger partial charge on any atom is 0.230 e. The summed E-state index contributed by atoms with van der Waals surface area (Å²) in [6.45, 7) is 5.52. The van der Waals surface area contributed by atoms with Crippen molar-refractivity contribution in [3.63, 3.8) is 0 Å². The Bertz CT molecular complexity index is 536. The average Bonchev–Trinajstić information content (AvgIpc) is 2.57. The summed E-state index contributed by atoms with van der Waals surface area (Å²) in [7, 11) is 1.65. The molecular weight excluding hydrogens is 338 g/mol. The molecule has 1 aromatic carbocycles. The third-order valence-electron chi connectivity index (χ3n) is 4.32. The molecule has 5 heteroatoms. The van der Waals surface area contributed by atoms with Gasteiger partial charge in [-0.3, -0.25) is 4.79 Å². The first kappa shape index (κ1) is 19.7. The number of benzene rings is 1. The molecule has 0 aliphatic heterocycles. The summed E-state index contributed by atoms with van der Waals surface area (Å²) in [5, 5.41) is 4.09. The Morgan fingerprint density at radius 3 is 2.75 bits per heavy atom. The predicted molar refractivity (Wildman–Crippen MR) is 105 cm³/mol. The number of hydrogen-bond acceptors (Lipinski definition) is 4. The molecule has 0 spiro atoms. The lowest BCUT2D eigenvalue weighted by Gasteiger charge is -2.31. The smallest absolute Gasteiger partial charge is 0.230 e. The highest BCUT2D eigenvalue weighted by atomic mass is 32.2. The summed E-state index contributed by atoms with van der Waals surface area (Å²) < 4.78 is 4.97. The van der Waals surface area contributed by atoms with Gasteiger partial charge in [-0.15, -0.1) is 23.5 Å². The quantitative estimate of drug-likeness (QED) is 0.699. The zero-order valence-corrected chi connectivity index (χ0v) is 16.6.